The maximum atomic E-state index is 12.4. The number of nitrogens with zero attached hydrogens (tertiary/aromatic N) is 1. The van der Waals surface area contributed by atoms with Crippen LogP contribution in [0.3, 0.4) is 0 Å². The number of nitrogens with one attached hydrogen (secondary N) is 2. The summed E-state index contributed by atoms with van der Waals surface area (Å²) in [7, 11) is 1.56. The molecule has 0 fully saturated rings. The average molecular weight is 311 g/mol. The Morgan fingerprint density at radius 3 is 2.78 bits per heavy atom. The topological polar surface area (TPSA) is 76.2 Å². The quantitative estimate of drug-likeness (QED) is 0.758. The molecule has 0 aliphatic heterocycles. The standard InChI is InChI=1S/C17H17N3O3/c1-3-23-15-10-11(8-9-14(15)22-2)16(21)20-17-18-12-6-4-5-7-13(12)19-17/h4-10H,3H2,1-2H3,(H2,18,19,20,21). The molecule has 3 rings (SSSR count). The summed E-state index contributed by atoms with van der Waals surface area (Å²) in [4.78, 5) is 19.8. The summed E-state index contributed by atoms with van der Waals surface area (Å²) in [5, 5.41) is 2.75. The molecule has 0 saturated heterocycles. The highest BCUT2D eigenvalue weighted by molar-refractivity contribution is 6.04. The number of amides is 1. The van der Waals surface area contributed by atoms with Gasteiger partial charge in [0.25, 0.3) is 5.91 Å². The van der Waals surface area contributed by atoms with Crippen molar-refractivity contribution in [3.63, 3.8) is 0 Å². The summed E-state index contributed by atoms with van der Waals surface area (Å²) in [5.41, 5.74) is 2.13. The number of methoxy groups -OCH3 is 1. The van der Waals surface area contributed by atoms with Crippen molar-refractivity contribution in [2.24, 2.45) is 0 Å². The van der Waals surface area contributed by atoms with Gasteiger partial charge < -0.3 is 14.5 Å². The number of H-pyrrole nitrogens is 1. The van der Waals surface area contributed by atoms with Gasteiger partial charge in [0.2, 0.25) is 5.95 Å². The minimum atomic E-state index is -0.271. The molecule has 6 nitrogen and oxygen atoms in total. The Morgan fingerprint density at radius 2 is 2.04 bits per heavy atom. The molecular weight excluding hydrogens is 294 g/mol. The van der Waals surface area contributed by atoms with Crippen LogP contribution in [0.25, 0.3) is 11.0 Å². The van der Waals surface area contributed by atoms with Crippen LogP contribution in [0.15, 0.2) is 42.5 Å². The molecule has 0 saturated carbocycles. The lowest BCUT2D eigenvalue weighted by Crippen LogP contribution is -2.13. The normalized spacial score (nSPS) is 10.5. The van der Waals surface area contributed by atoms with E-state index in [2.05, 4.69) is 15.3 Å². The van der Waals surface area contributed by atoms with Crippen LogP contribution in [0.1, 0.15) is 17.3 Å². The number of hydrogen-bond donors (Lipinski definition) is 2. The van der Waals surface area contributed by atoms with Gasteiger partial charge in [-0.25, -0.2) is 4.98 Å². The lowest BCUT2D eigenvalue weighted by molar-refractivity contribution is 0.102. The molecule has 0 aliphatic rings. The second-order valence-electron chi connectivity index (χ2n) is 4.86. The largest absolute Gasteiger partial charge is 0.493 e. The van der Waals surface area contributed by atoms with Crippen LogP contribution in [-0.4, -0.2) is 29.6 Å². The summed E-state index contributed by atoms with van der Waals surface area (Å²) in [5.74, 6) is 1.26. The Morgan fingerprint density at radius 1 is 1.22 bits per heavy atom. The van der Waals surface area contributed by atoms with Gasteiger partial charge in [-0.3, -0.25) is 10.1 Å². The second-order valence-corrected chi connectivity index (χ2v) is 4.86. The Bertz CT molecular complexity index is 809. The van der Waals surface area contributed by atoms with Crippen LogP contribution in [0.4, 0.5) is 5.95 Å². The monoisotopic (exact) mass is 311 g/mol. The number of para-hydroxylation sites is 2. The van der Waals surface area contributed by atoms with Crippen LogP contribution in [0.2, 0.25) is 0 Å². The van der Waals surface area contributed by atoms with E-state index in [9.17, 15) is 4.79 Å². The van der Waals surface area contributed by atoms with Crippen molar-refractivity contribution >= 4 is 22.9 Å². The maximum absolute atomic E-state index is 12.4. The number of aromatic nitrogens is 2. The van der Waals surface area contributed by atoms with Crippen molar-refractivity contribution < 1.29 is 14.3 Å². The first kappa shape index (κ1) is 14.9. The zero-order valence-electron chi connectivity index (χ0n) is 12.9. The van der Waals surface area contributed by atoms with E-state index in [-0.39, 0.29) is 5.91 Å². The number of benzene rings is 2. The predicted octanol–water partition coefficient (Wildman–Crippen LogP) is 3.22. The van der Waals surface area contributed by atoms with E-state index in [1.807, 2.05) is 31.2 Å². The Kier molecular flexibility index (Phi) is 4.14. The third-order valence-electron chi connectivity index (χ3n) is 3.35. The SMILES string of the molecule is CCOc1cc(C(=O)Nc2nc3ccccc3[nH]2)ccc1OC. The molecule has 2 N–H and O–H groups in total. The number of ether oxygens (including phenoxy) is 2. The number of imidazole rings is 1. The zero-order valence-corrected chi connectivity index (χ0v) is 12.9. The van der Waals surface area contributed by atoms with E-state index in [1.165, 1.54) is 0 Å². The second kappa shape index (κ2) is 6.39. The molecule has 0 unspecified atom stereocenters. The van der Waals surface area contributed by atoms with Crippen molar-refractivity contribution in [2.45, 2.75) is 6.92 Å². The summed E-state index contributed by atoms with van der Waals surface area (Å²) in [6.07, 6.45) is 0. The molecule has 118 valence electrons. The number of aromatic amines is 1. The molecule has 6 heteroatoms. The van der Waals surface area contributed by atoms with Gasteiger partial charge in [0.05, 0.1) is 24.8 Å². The highest BCUT2D eigenvalue weighted by Gasteiger charge is 2.13. The van der Waals surface area contributed by atoms with E-state index in [0.29, 0.717) is 29.6 Å². The van der Waals surface area contributed by atoms with E-state index in [0.717, 1.165) is 11.0 Å². The number of rotatable bonds is 5. The molecule has 1 heterocycles. The fourth-order valence-corrected chi connectivity index (χ4v) is 2.28. The summed E-state index contributed by atoms with van der Waals surface area (Å²) >= 11 is 0. The molecule has 1 aromatic heterocycles. The van der Waals surface area contributed by atoms with Crippen molar-refractivity contribution in [2.75, 3.05) is 19.0 Å². The predicted molar refractivity (Wildman–Crippen MR) is 88.2 cm³/mol. The smallest absolute Gasteiger partial charge is 0.258 e. The Balaban J connectivity index is 1.83. The van der Waals surface area contributed by atoms with Crippen LogP contribution < -0.4 is 14.8 Å². The Labute approximate surface area is 133 Å². The summed E-state index contributed by atoms with van der Waals surface area (Å²) in [6.45, 7) is 2.37. The lowest BCUT2D eigenvalue weighted by atomic mass is 10.2. The van der Waals surface area contributed by atoms with Crippen LogP contribution in [-0.2, 0) is 0 Å². The first-order valence-corrected chi connectivity index (χ1v) is 7.28. The molecule has 23 heavy (non-hydrogen) atoms. The fourth-order valence-electron chi connectivity index (χ4n) is 2.28. The molecule has 1 amide bonds. The Hall–Kier alpha value is -3.02. The molecule has 0 bridgehead atoms. The first-order chi connectivity index (χ1) is 11.2. The van der Waals surface area contributed by atoms with Gasteiger partial charge in [-0.15, -0.1) is 0 Å². The van der Waals surface area contributed by atoms with Gasteiger partial charge >= 0.3 is 0 Å². The van der Waals surface area contributed by atoms with Crippen LogP contribution in [0.5, 0.6) is 11.5 Å². The van der Waals surface area contributed by atoms with Crippen molar-refractivity contribution in [1.29, 1.82) is 0 Å². The van der Waals surface area contributed by atoms with Crippen molar-refractivity contribution in [1.82, 2.24) is 9.97 Å². The zero-order chi connectivity index (χ0) is 16.2. The van der Waals surface area contributed by atoms with Crippen LogP contribution >= 0.6 is 0 Å². The van der Waals surface area contributed by atoms with Gasteiger partial charge in [-0.05, 0) is 37.3 Å². The number of carbonyl (C=O) groups is 1. The lowest BCUT2D eigenvalue weighted by Gasteiger charge is -2.10. The van der Waals surface area contributed by atoms with E-state index < -0.39 is 0 Å². The maximum Gasteiger partial charge on any atom is 0.258 e. The molecule has 0 aliphatic carbocycles. The number of anilines is 1. The minimum Gasteiger partial charge on any atom is -0.493 e. The van der Waals surface area contributed by atoms with E-state index in [1.54, 1.807) is 25.3 Å². The molecule has 0 atom stereocenters. The van der Waals surface area contributed by atoms with E-state index >= 15 is 0 Å². The molecular formula is C17H17N3O3. The number of fused-ring (bicyclic) bond motifs is 1. The van der Waals surface area contributed by atoms with Gasteiger partial charge in [0.1, 0.15) is 0 Å². The third kappa shape index (κ3) is 3.11. The average Bonchev–Trinajstić information content (AvgIpc) is 2.97. The van der Waals surface area contributed by atoms with E-state index in [4.69, 9.17) is 9.47 Å². The van der Waals surface area contributed by atoms with Gasteiger partial charge in [-0.2, -0.15) is 0 Å². The van der Waals surface area contributed by atoms with Crippen molar-refractivity contribution in [3.8, 4) is 11.5 Å². The summed E-state index contributed by atoms with van der Waals surface area (Å²) < 4.78 is 10.7. The van der Waals surface area contributed by atoms with Gasteiger partial charge in [-0.1, -0.05) is 12.1 Å². The summed E-state index contributed by atoms with van der Waals surface area (Å²) in [6, 6.07) is 12.6. The number of hydrogen-bond acceptors (Lipinski definition) is 4. The highest BCUT2D eigenvalue weighted by atomic mass is 16.5. The fraction of sp³-hybridized carbons (Fsp3) is 0.176. The number of carbonyl (C=O) groups excluding carboxylic acids is 1. The van der Waals surface area contributed by atoms with Crippen molar-refractivity contribution in [3.05, 3.63) is 48.0 Å². The minimum absolute atomic E-state index is 0.271. The molecule has 3 aromatic rings. The van der Waals surface area contributed by atoms with Gasteiger partial charge in [0, 0.05) is 5.56 Å². The molecule has 0 spiro atoms. The first-order valence-electron chi connectivity index (χ1n) is 7.28. The van der Waals surface area contributed by atoms with Crippen LogP contribution in [0, 0.1) is 0 Å². The molecule has 2 aromatic carbocycles. The highest BCUT2D eigenvalue weighted by Crippen LogP contribution is 2.28. The third-order valence-corrected chi connectivity index (χ3v) is 3.35. The van der Waals surface area contributed by atoms with Gasteiger partial charge in [0.15, 0.2) is 11.5 Å². The molecule has 0 radical (unpaired) electrons.